The van der Waals surface area contributed by atoms with Crippen molar-refractivity contribution in [3.8, 4) is 0 Å². The monoisotopic (exact) mass is 395 g/mol. The number of anilines is 3. The van der Waals surface area contributed by atoms with E-state index in [1.54, 1.807) is 0 Å². The van der Waals surface area contributed by atoms with Crippen molar-refractivity contribution in [2.24, 2.45) is 7.05 Å². The molecule has 1 aliphatic rings. The van der Waals surface area contributed by atoms with E-state index in [0.717, 1.165) is 0 Å². The number of benzene rings is 3. The molecule has 0 spiro atoms. The van der Waals surface area contributed by atoms with Crippen LogP contribution in [0.1, 0.15) is 32.0 Å². The Kier molecular flexibility index (Phi) is 4.18. The Labute approximate surface area is 179 Å². The van der Waals surface area contributed by atoms with Crippen molar-refractivity contribution in [3.05, 3.63) is 90.1 Å². The number of aryl methyl sites for hydroxylation is 2. The predicted octanol–water partition coefficient (Wildman–Crippen LogP) is 6.73. The van der Waals surface area contributed by atoms with E-state index in [2.05, 4.69) is 128 Å². The quantitative estimate of drug-likeness (QED) is 0.381. The highest BCUT2D eigenvalue weighted by molar-refractivity contribution is 5.86. The van der Waals surface area contributed by atoms with Gasteiger partial charge in [-0.2, -0.15) is 0 Å². The van der Waals surface area contributed by atoms with E-state index >= 15 is 0 Å². The zero-order chi connectivity index (χ0) is 21.0. The van der Waals surface area contributed by atoms with Gasteiger partial charge >= 0.3 is 0 Å². The summed E-state index contributed by atoms with van der Waals surface area (Å²) in [7, 11) is 2.19. The molecule has 4 aromatic rings. The Morgan fingerprint density at radius 3 is 2.07 bits per heavy atom. The van der Waals surface area contributed by atoms with Crippen molar-refractivity contribution >= 4 is 28.0 Å². The van der Waals surface area contributed by atoms with Crippen molar-refractivity contribution in [2.75, 3.05) is 9.80 Å². The van der Waals surface area contributed by atoms with Crippen molar-refractivity contribution < 1.29 is 0 Å². The number of para-hydroxylation sites is 4. The second-order valence-electron chi connectivity index (χ2n) is 8.85. The van der Waals surface area contributed by atoms with E-state index < -0.39 is 0 Å². The number of rotatable bonds is 3. The number of nitrogens with zero attached hydrogens (tertiary/aromatic N) is 3. The maximum Gasteiger partial charge on any atom is 0.104 e. The van der Waals surface area contributed by atoms with Crippen LogP contribution in [-0.4, -0.2) is 10.7 Å². The van der Waals surface area contributed by atoms with E-state index in [4.69, 9.17) is 0 Å². The van der Waals surface area contributed by atoms with Crippen LogP contribution in [0.4, 0.5) is 17.1 Å². The minimum absolute atomic E-state index is 0.191. The third-order valence-corrected chi connectivity index (χ3v) is 6.70. The standard InChI is InChI=1S/C27H29N3/c1-19-12-6-8-14-22(19)29-20(2)30(25-17-11-10-16-24(25)29)27(3,4)26-18-21-13-7-9-15-23(21)28(26)5/h6-18,20H,1-5H3/t20-/m1/s1. The fourth-order valence-corrected chi connectivity index (χ4v) is 5.32. The van der Waals surface area contributed by atoms with Crippen LogP contribution in [0.2, 0.25) is 0 Å². The van der Waals surface area contributed by atoms with Gasteiger partial charge in [-0.3, -0.25) is 0 Å². The first kappa shape index (κ1) is 18.8. The summed E-state index contributed by atoms with van der Waals surface area (Å²) < 4.78 is 2.35. The molecular weight excluding hydrogens is 366 g/mol. The average Bonchev–Trinajstić information content (AvgIpc) is 3.23. The zero-order valence-electron chi connectivity index (χ0n) is 18.4. The molecular formula is C27H29N3. The highest BCUT2D eigenvalue weighted by Gasteiger charge is 2.43. The van der Waals surface area contributed by atoms with Crippen LogP contribution < -0.4 is 9.80 Å². The largest absolute Gasteiger partial charge is 0.346 e. The molecule has 0 amide bonds. The fourth-order valence-electron chi connectivity index (χ4n) is 5.32. The smallest absolute Gasteiger partial charge is 0.104 e. The Bertz CT molecular complexity index is 1230. The summed E-state index contributed by atoms with van der Waals surface area (Å²) in [5.41, 5.74) is 7.51. The highest BCUT2D eigenvalue weighted by Crippen LogP contribution is 2.50. The lowest BCUT2D eigenvalue weighted by molar-refractivity contribution is 0.427. The summed E-state index contributed by atoms with van der Waals surface area (Å²) >= 11 is 0. The Morgan fingerprint density at radius 1 is 0.767 bits per heavy atom. The third-order valence-electron chi connectivity index (χ3n) is 6.70. The molecule has 0 unspecified atom stereocenters. The van der Waals surface area contributed by atoms with Gasteiger partial charge in [-0.15, -0.1) is 0 Å². The van der Waals surface area contributed by atoms with E-state index in [1.807, 2.05) is 0 Å². The maximum absolute atomic E-state index is 2.57. The van der Waals surface area contributed by atoms with Gasteiger partial charge in [0, 0.05) is 23.9 Å². The molecule has 0 aliphatic carbocycles. The Morgan fingerprint density at radius 2 is 1.37 bits per heavy atom. The first-order valence-corrected chi connectivity index (χ1v) is 10.7. The van der Waals surface area contributed by atoms with Crippen LogP contribution in [0.3, 0.4) is 0 Å². The lowest BCUT2D eigenvalue weighted by Gasteiger charge is -2.42. The van der Waals surface area contributed by atoms with Crippen molar-refractivity contribution in [1.82, 2.24) is 4.57 Å². The molecule has 2 heterocycles. The van der Waals surface area contributed by atoms with Crippen molar-refractivity contribution in [3.63, 3.8) is 0 Å². The fraction of sp³-hybridized carbons (Fsp3) is 0.259. The first-order chi connectivity index (χ1) is 14.4. The highest BCUT2D eigenvalue weighted by atomic mass is 15.4. The van der Waals surface area contributed by atoms with Gasteiger partial charge in [0.25, 0.3) is 0 Å². The second kappa shape index (κ2) is 6.66. The molecule has 0 fully saturated rings. The number of hydrogen-bond acceptors (Lipinski definition) is 2. The summed E-state index contributed by atoms with van der Waals surface area (Å²) in [5.74, 6) is 0. The first-order valence-electron chi connectivity index (χ1n) is 10.7. The normalized spacial score (nSPS) is 16.4. The molecule has 3 nitrogen and oxygen atoms in total. The van der Waals surface area contributed by atoms with E-state index in [-0.39, 0.29) is 11.7 Å². The van der Waals surface area contributed by atoms with Gasteiger partial charge < -0.3 is 14.4 Å². The molecule has 1 atom stereocenters. The predicted molar refractivity (Wildman–Crippen MR) is 128 cm³/mol. The van der Waals surface area contributed by atoms with Gasteiger partial charge in [0.15, 0.2) is 0 Å². The molecule has 0 radical (unpaired) electrons. The Hall–Kier alpha value is -3.20. The molecule has 3 aromatic carbocycles. The minimum Gasteiger partial charge on any atom is -0.346 e. The van der Waals surface area contributed by atoms with Gasteiger partial charge in [-0.05, 0) is 69.0 Å². The Balaban J connectivity index is 1.68. The molecule has 0 N–H and O–H groups in total. The summed E-state index contributed by atoms with van der Waals surface area (Å²) in [4.78, 5) is 5.05. The summed E-state index contributed by atoms with van der Waals surface area (Å²) in [6, 6.07) is 28.5. The lowest BCUT2D eigenvalue weighted by Crippen LogP contribution is -2.50. The number of hydrogen-bond donors (Lipinski definition) is 0. The molecule has 0 saturated carbocycles. The topological polar surface area (TPSA) is 11.4 Å². The summed E-state index contributed by atoms with van der Waals surface area (Å²) in [5, 5.41) is 1.29. The van der Waals surface area contributed by atoms with Crippen LogP contribution in [0.15, 0.2) is 78.9 Å². The number of aromatic nitrogens is 1. The number of fused-ring (bicyclic) bond motifs is 2. The van der Waals surface area contributed by atoms with Gasteiger partial charge in [0.1, 0.15) is 6.17 Å². The molecule has 152 valence electrons. The van der Waals surface area contributed by atoms with Crippen LogP contribution in [-0.2, 0) is 12.6 Å². The third kappa shape index (κ3) is 2.58. The molecule has 0 saturated heterocycles. The average molecular weight is 396 g/mol. The molecule has 30 heavy (non-hydrogen) atoms. The van der Waals surface area contributed by atoms with Crippen molar-refractivity contribution in [1.29, 1.82) is 0 Å². The maximum atomic E-state index is 2.57. The van der Waals surface area contributed by atoms with Crippen LogP contribution >= 0.6 is 0 Å². The minimum atomic E-state index is -0.194. The summed E-state index contributed by atoms with van der Waals surface area (Å²) in [6.07, 6.45) is 0.191. The van der Waals surface area contributed by atoms with Crippen molar-refractivity contribution in [2.45, 2.75) is 39.4 Å². The second-order valence-corrected chi connectivity index (χ2v) is 8.85. The molecule has 0 bridgehead atoms. The van der Waals surface area contributed by atoms with Gasteiger partial charge in [0.2, 0.25) is 0 Å². The van der Waals surface area contributed by atoms with Gasteiger partial charge in [-0.25, -0.2) is 0 Å². The van der Waals surface area contributed by atoms with Crippen LogP contribution in [0.5, 0.6) is 0 Å². The SMILES string of the molecule is Cc1ccccc1N1c2ccccc2N(C(C)(C)c2cc3ccccc3n2C)[C@@H]1C. The van der Waals surface area contributed by atoms with Gasteiger partial charge in [0.05, 0.1) is 16.9 Å². The van der Waals surface area contributed by atoms with E-state index in [0.29, 0.717) is 0 Å². The summed E-state index contributed by atoms with van der Waals surface area (Å²) in [6.45, 7) is 9.20. The van der Waals surface area contributed by atoms with E-state index in [9.17, 15) is 0 Å². The van der Waals surface area contributed by atoms with Gasteiger partial charge in [-0.1, -0.05) is 48.5 Å². The van der Waals surface area contributed by atoms with E-state index in [1.165, 1.54) is 39.2 Å². The molecule has 3 heteroatoms. The molecule has 5 rings (SSSR count). The van der Waals surface area contributed by atoms with Crippen LogP contribution in [0, 0.1) is 6.92 Å². The zero-order valence-corrected chi connectivity index (χ0v) is 18.4. The van der Waals surface area contributed by atoms with Crippen LogP contribution in [0.25, 0.3) is 10.9 Å². The molecule has 1 aromatic heterocycles. The lowest BCUT2D eigenvalue weighted by atomic mass is 9.96. The molecule has 1 aliphatic heterocycles.